The average Bonchev–Trinajstić information content (AvgIpc) is 2.92. The number of carbonyl (C=O) groups excluding carboxylic acids is 1. The molecule has 0 radical (unpaired) electrons. The number of halogens is 1. The number of aromatic nitrogens is 1. The zero-order chi connectivity index (χ0) is 18.0. The first-order chi connectivity index (χ1) is 12.0. The van der Waals surface area contributed by atoms with Gasteiger partial charge in [-0.3, -0.25) is 9.52 Å². The first-order valence-electron chi connectivity index (χ1n) is 7.99. The van der Waals surface area contributed by atoms with Gasteiger partial charge in [0.2, 0.25) is 0 Å². The fourth-order valence-electron chi connectivity index (χ4n) is 2.82. The van der Waals surface area contributed by atoms with E-state index in [1.54, 1.807) is 11.9 Å². The maximum Gasteiger partial charge on any atom is 0.268 e. The van der Waals surface area contributed by atoms with Gasteiger partial charge in [-0.2, -0.15) is 0 Å². The van der Waals surface area contributed by atoms with Crippen LogP contribution in [0.2, 0.25) is 5.02 Å². The van der Waals surface area contributed by atoms with Gasteiger partial charge >= 0.3 is 0 Å². The molecule has 0 aliphatic rings. The molecule has 25 heavy (non-hydrogen) atoms. The van der Waals surface area contributed by atoms with Crippen molar-refractivity contribution in [1.82, 2.24) is 14.6 Å². The molecule has 2 aromatic carbocycles. The van der Waals surface area contributed by atoms with Crippen LogP contribution in [0.15, 0.2) is 53.4 Å². The number of nitrogens with zero attached hydrogens (tertiary/aromatic N) is 1. The van der Waals surface area contributed by atoms with Gasteiger partial charge in [0, 0.05) is 27.9 Å². The summed E-state index contributed by atoms with van der Waals surface area (Å²) in [5, 5.41) is 4.72. The zero-order valence-electron chi connectivity index (χ0n) is 14.3. The van der Waals surface area contributed by atoms with E-state index in [2.05, 4.69) is 10.0 Å². The van der Waals surface area contributed by atoms with Gasteiger partial charge in [0.15, 0.2) is 0 Å². The number of aryl methyl sites for hydroxylation is 1. The van der Waals surface area contributed by atoms with Crippen LogP contribution in [0, 0.1) is 0 Å². The van der Waals surface area contributed by atoms with Crippen LogP contribution in [0.25, 0.3) is 10.9 Å². The van der Waals surface area contributed by atoms with Crippen molar-refractivity contribution in [2.45, 2.75) is 17.9 Å². The molecule has 0 saturated heterocycles. The lowest BCUT2D eigenvalue weighted by Gasteiger charge is -2.15. The first-order valence-corrected chi connectivity index (χ1v) is 9.18. The van der Waals surface area contributed by atoms with E-state index in [0.717, 1.165) is 21.4 Å². The van der Waals surface area contributed by atoms with Crippen molar-refractivity contribution < 1.29 is 4.79 Å². The number of hydrogen-bond donors (Lipinski definition) is 2. The molecular weight excluding hydrogens is 354 g/mol. The summed E-state index contributed by atoms with van der Waals surface area (Å²) in [5.74, 6) is -0.101. The summed E-state index contributed by atoms with van der Waals surface area (Å²) in [4.78, 5) is 13.8. The van der Waals surface area contributed by atoms with Gasteiger partial charge in [0.25, 0.3) is 5.91 Å². The molecule has 0 saturated carbocycles. The van der Waals surface area contributed by atoms with Crippen LogP contribution in [0.4, 0.5) is 0 Å². The van der Waals surface area contributed by atoms with Gasteiger partial charge in [0.1, 0.15) is 5.69 Å². The number of hydrogen-bond acceptors (Lipinski definition) is 3. The van der Waals surface area contributed by atoms with Crippen LogP contribution in [0.5, 0.6) is 0 Å². The van der Waals surface area contributed by atoms with E-state index >= 15 is 0 Å². The van der Waals surface area contributed by atoms with E-state index in [9.17, 15) is 4.79 Å². The monoisotopic (exact) mass is 373 g/mol. The minimum atomic E-state index is -0.101. The molecule has 1 amide bonds. The fraction of sp³-hybridized carbons (Fsp3) is 0.211. The fourth-order valence-corrected chi connectivity index (χ4v) is 3.49. The van der Waals surface area contributed by atoms with Gasteiger partial charge in [-0.05, 0) is 61.8 Å². The van der Waals surface area contributed by atoms with E-state index in [4.69, 9.17) is 11.6 Å². The third kappa shape index (κ3) is 3.84. The summed E-state index contributed by atoms with van der Waals surface area (Å²) in [7, 11) is 3.76. The number of amides is 1. The molecule has 1 aromatic heterocycles. The average molecular weight is 374 g/mol. The molecule has 3 rings (SSSR count). The number of fused-ring (bicyclic) bond motifs is 1. The van der Waals surface area contributed by atoms with Gasteiger partial charge in [-0.15, -0.1) is 0 Å². The molecule has 4 nitrogen and oxygen atoms in total. The predicted octanol–water partition coefficient (Wildman–Crippen LogP) is 4.55. The molecule has 0 aliphatic heterocycles. The minimum absolute atomic E-state index is 0.0808. The Morgan fingerprint density at radius 2 is 1.88 bits per heavy atom. The second-order valence-electron chi connectivity index (χ2n) is 5.86. The molecule has 1 atom stereocenters. The van der Waals surface area contributed by atoms with Crippen LogP contribution in [-0.4, -0.2) is 17.5 Å². The van der Waals surface area contributed by atoms with E-state index in [0.29, 0.717) is 10.7 Å². The molecule has 2 N–H and O–H groups in total. The Balaban J connectivity index is 1.78. The lowest BCUT2D eigenvalue weighted by atomic mass is 10.1. The maximum absolute atomic E-state index is 12.7. The van der Waals surface area contributed by atoms with Gasteiger partial charge < -0.3 is 9.88 Å². The van der Waals surface area contributed by atoms with Crippen molar-refractivity contribution >= 4 is 40.4 Å². The highest BCUT2D eigenvalue weighted by Crippen LogP contribution is 2.24. The predicted molar refractivity (Wildman–Crippen MR) is 105 cm³/mol. The largest absolute Gasteiger partial charge is 0.344 e. The van der Waals surface area contributed by atoms with Crippen LogP contribution >= 0.6 is 23.5 Å². The standard InChI is InChI=1S/C19H20ClN3OS/c1-12(13-5-8-16(9-6-13)25-21-2)22-19(24)18-10-14-4-7-15(20)11-17(14)23(18)3/h4-12,21H,1-3H3,(H,22,24). The number of rotatable bonds is 5. The Labute approximate surface area is 156 Å². The van der Waals surface area contributed by atoms with E-state index in [1.807, 2.05) is 74.1 Å². The maximum atomic E-state index is 12.7. The Morgan fingerprint density at radius 3 is 2.56 bits per heavy atom. The van der Waals surface area contributed by atoms with Crippen molar-refractivity contribution in [2.24, 2.45) is 7.05 Å². The summed E-state index contributed by atoms with van der Waals surface area (Å²) < 4.78 is 4.91. The lowest BCUT2D eigenvalue weighted by molar-refractivity contribution is 0.0932. The molecule has 0 fully saturated rings. The zero-order valence-corrected chi connectivity index (χ0v) is 15.9. The van der Waals surface area contributed by atoms with Crippen molar-refractivity contribution in [2.75, 3.05) is 7.05 Å². The van der Waals surface area contributed by atoms with Crippen molar-refractivity contribution in [3.8, 4) is 0 Å². The molecule has 0 aliphatic carbocycles. The third-order valence-corrected chi connectivity index (χ3v) is 5.13. The highest BCUT2D eigenvalue weighted by molar-refractivity contribution is 7.97. The normalized spacial score (nSPS) is 12.3. The van der Waals surface area contributed by atoms with Gasteiger partial charge in [-0.25, -0.2) is 0 Å². The number of carbonyl (C=O) groups is 1. The van der Waals surface area contributed by atoms with Crippen LogP contribution in [-0.2, 0) is 7.05 Å². The molecule has 6 heteroatoms. The molecular formula is C19H20ClN3OS. The summed E-state index contributed by atoms with van der Waals surface area (Å²) >= 11 is 7.62. The van der Waals surface area contributed by atoms with Gasteiger partial charge in [-0.1, -0.05) is 29.8 Å². The molecule has 130 valence electrons. The van der Waals surface area contributed by atoms with Gasteiger partial charge in [0.05, 0.1) is 6.04 Å². The molecule has 1 unspecified atom stereocenters. The van der Waals surface area contributed by atoms with E-state index < -0.39 is 0 Å². The van der Waals surface area contributed by atoms with Crippen LogP contribution < -0.4 is 10.0 Å². The Hall–Kier alpha value is -1.95. The summed E-state index contributed by atoms with van der Waals surface area (Å²) in [5.41, 5.74) is 2.63. The highest BCUT2D eigenvalue weighted by atomic mass is 35.5. The van der Waals surface area contributed by atoms with Crippen LogP contribution in [0.3, 0.4) is 0 Å². The quantitative estimate of drug-likeness (QED) is 0.645. The highest BCUT2D eigenvalue weighted by Gasteiger charge is 2.16. The Morgan fingerprint density at radius 1 is 1.16 bits per heavy atom. The molecule has 3 aromatic rings. The first kappa shape index (κ1) is 17.9. The van der Waals surface area contributed by atoms with Crippen molar-refractivity contribution in [3.05, 3.63) is 64.8 Å². The number of nitrogens with one attached hydrogen (secondary N) is 2. The minimum Gasteiger partial charge on any atom is -0.344 e. The second kappa shape index (κ2) is 7.52. The van der Waals surface area contributed by atoms with E-state index in [-0.39, 0.29) is 11.9 Å². The SMILES string of the molecule is CNSc1ccc(C(C)NC(=O)c2cc3ccc(Cl)cc3n2C)cc1. The Kier molecular flexibility index (Phi) is 5.37. The van der Waals surface area contributed by atoms with Crippen LogP contribution in [0.1, 0.15) is 29.0 Å². The smallest absolute Gasteiger partial charge is 0.268 e. The summed E-state index contributed by atoms with van der Waals surface area (Å²) in [6, 6.07) is 15.6. The molecule has 0 spiro atoms. The van der Waals surface area contributed by atoms with E-state index in [1.165, 1.54) is 0 Å². The third-order valence-electron chi connectivity index (χ3n) is 4.19. The topological polar surface area (TPSA) is 46.1 Å². The van der Waals surface area contributed by atoms with Crippen molar-refractivity contribution in [1.29, 1.82) is 0 Å². The Bertz CT molecular complexity index is 905. The summed E-state index contributed by atoms with van der Waals surface area (Å²) in [6.07, 6.45) is 0. The lowest BCUT2D eigenvalue weighted by Crippen LogP contribution is -2.28. The molecule has 1 heterocycles. The van der Waals surface area contributed by atoms with Crippen molar-refractivity contribution in [3.63, 3.8) is 0 Å². The summed E-state index contributed by atoms with van der Waals surface area (Å²) in [6.45, 7) is 1.98. The molecule has 0 bridgehead atoms. The second-order valence-corrected chi connectivity index (χ2v) is 7.38. The number of benzene rings is 2.